The number of rotatable bonds is 5. The lowest BCUT2D eigenvalue weighted by Crippen LogP contribution is -2.39. The summed E-state index contributed by atoms with van der Waals surface area (Å²) in [7, 11) is 0. The highest BCUT2D eigenvalue weighted by Crippen LogP contribution is 2.35. The van der Waals surface area contributed by atoms with Crippen LogP contribution < -0.4 is 5.73 Å². The van der Waals surface area contributed by atoms with E-state index in [0.29, 0.717) is 50.1 Å². The maximum Gasteiger partial charge on any atom is 0.254 e. The van der Waals surface area contributed by atoms with E-state index in [-0.39, 0.29) is 44.7 Å². The molecule has 10 nitrogen and oxygen atoms in total. The predicted molar refractivity (Wildman–Crippen MR) is 184 cm³/mol. The number of nitrogens with zero attached hydrogens (tertiary/aromatic N) is 7. The summed E-state index contributed by atoms with van der Waals surface area (Å²) in [5, 5.41) is 13.0. The van der Waals surface area contributed by atoms with Gasteiger partial charge >= 0.3 is 0 Å². The van der Waals surface area contributed by atoms with E-state index < -0.39 is 11.6 Å². The van der Waals surface area contributed by atoms with Crippen molar-refractivity contribution < 1.29 is 18.4 Å². The Kier molecular flexibility index (Phi) is 8.55. The van der Waals surface area contributed by atoms with Crippen molar-refractivity contribution in [3.8, 4) is 16.9 Å². The number of para-hydroxylation sites is 1. The van der Waals surface area contributed by atoms with Gasteiger partial charge in [0.25, 0.3) is 11.8 Å². The molecule has 0 saturated carbocycles. The van der Waals surface area contributed by atoms with E-state index in [1.807, 2.05) is 46.1 Å². The van der Waals surface area contributed by atoms with Crippen LogP contribution in [0, 0.1) is 17.0 Å². The number of halogens is 3. The Hall–Kier alpha value is -4.91. The number of benzene rings is 3. The number of aromatic nitrogens is 5. The van der Waals surface area contributed by atoms with Gasteiger partial charge in [-0.3, -0.25) is 9.59 Å². The monoisotopic (exact) mass is 728 g/mol. The lowest BCUT2D eigenvalue weighted by Gasteiger charge is -2.32. The quantitative estimate of drug-likeness (QED) is 0.164. The van der Waals surface area contributed by atoms with Crippen molar-refractivity contribution in [3.63, 3.8) is 0 Å². The third-order valence-electron chi connectivity index (χ3n) is 9.34. The summed E-state index contributed by atoms with van der Waals surface area (Å²) in [6.45, 7) is 6.24. The van der Waals surface area contributed by atoms with Gasteiger partial charge in [-0.25, -0.2) is 18.1 Å². The highest BCUT2D eigenvalue weighted by molar-refractivity contribution is 9.10. The molecule has 1 saturated heterocycles. The smallest absolute Gasteiger partial charge is 0.254 e. The molecule has 252 valence electrons. The standard InChI is InChI=1S/C36H35BrF2N8O2/c1-36(2)17-30-24(18-41-47(30)26-9-4-3-5-10-26)19-45(21-36)35(49)23-8-6-7-22(15-23)34(48)44-13-11-25(12-14-44)46-20-29(42-43-46)27-16-28(38)31(37)32(39)33(27)40/h3-10,15-16,18,20,25H,11-14,17,19,21,40H2,1-2H3. The molecule has 2 N–H and O–H groups in total. The van der Waals surface area contributed by atoms with Crippen LogP contribution in [0.3, 0.4) is 0 Å². The summed E-state index contributed by atoms with van der Waals surface area (Å²) in [4.78, 5) is 31.2. The maximum atomic E-state index is 14.3. The lowest BCUT2D eigenvalue weighted by atomic mass is 9.87. The van der Waals surface area contributed by atoms with Gasteiger partial charge in [0.15, 0.2) is 5.82 Å². The fraction of sp³-hybridized carbons (Fsp3) is 0.306. The molecule has 5 aromatic rings. The van der Waals surface area contributed by atoms with E-state index >= 15 is 0 Å². The Morgan fingerprint density at radius 1 is 0.959 bits per heavy atom. The molecule has 4 heterocycles. The first kappa shape index (κ1) is 32.6. The maximum absolute atomic E-state index is 14.3. The Labute approximate surface area is 290 Å². The number of amides is 2. The minimum Gasteiger partial charge on any atom is -0.396 e. The minimum absolute atomic E-state index is 0.0629. The first-order valence-electron chi connectivity index (χ1n) is 16.1. The Balaban J connectivity index is 1.03. The molecule has 2 amide bonds. The Morgan fingerprint density at radius 3 is 2.37 bits per heavy atom. The molecule has 2 aliphatic rings. The van der Waals surface area contributed by atoms with Gasteiger partial charge in [-0.05, 0) is 77.0 Å². The van der Waals surface area contributed by atoms with Crippen molar-refractivity contribution in [2.45, 2.75) is 45.7 Å². The van der Waals surface area contributed by atoms with Crippen molar-refractivity contribution in [3.05, 3.63) is 112 Å². The van der Waals surface area contributed by atoms with Crippen LogP contribution in [0.2, 0.25) is 0 Å². The molecule has 49 heavy (non-hydrogen) atoms. The van der Waals surface area contributed by atoms with Gasteiger partial charge in [-0.15, -0.1) is 5.10 Å². The van der Waals surface area contributed by atoms with Crippen LogP contribution in [-0.2, 0) is 13.0 Å². The Morgan fingerprint density at radius 2 is 1.65 bits per heavy atom. The van der Waals surface area contributed by atoms with Crippen LogP contribution in [0.15, 0.2) is 77.5 Å². The molecule has 2 aromatic heterocycles. The van der Waals surface area contributed by atoms with Gasteiger partial charge in [0.2, 0.25) is 0 Å². The average molecular weight is 730 g/mol. The number of carbonyl (C=O) groups is 2. The number of nitrogen functional groups attached to an aromatic ring is 1. The molecule has 0 aliphatic carbocycles. The van der Waals surface area contributed by atoms with Crippen LogP contribution >= 0.6 is 15.9 Å². The number of likely N-dealkylation sites (tertiary alicyclic amines) is 1. The summed E-state index contributed by atoms with van der Waals surface area (Å²) in [6.07, 6.45) is 5.45. The van der Waals surface area contributed by atoms with Crippen molar-refractivity contribution in [1.82, 2.24) is 34.6 Å². The molecule has 0 spiro atoms. The third-order valence-corrected chi connectivity index (χ3v) is 10.1. The average Bonchev–Trinajstić information content (AvgIpc) is 3.72. The normalized spacial score (nSPS) is 16.3. The second-order valence-electron chi connectivity index (χ2n) is 13.5. The van der Waals surface area contributed by atoms with Crippen molar-refractivity contribution in [2.24, 2.45) is 5.41 Å². The summed E-state index contributed by atoms with van der Waals surface area (Å²) in [5.74, 6) is -1.95. The van der Waals surface area contributed by atoms with E-state index in [0.717, 1.165) is 29.4 Å². The summed E-state index contributed by atoms with van der Waals surface area (Å²) in [5.41, 5.74) is 9.87. The zero-order valence-corrected chi connectivity index (χ0v) is 28.7. The van der Waals surface area contributed by atoms with Crippen molar-refractivity contribution >= 4 is 33.4 Å². The zero-order valence-electron chi connectivity index (χ0n) is 27.1. The minimum atomic E-state index is -0.887. The summed E-state index contributed by atoms with van der Waals surface area (Å²) < 4.78 is 31.8. The van der Waals surface area contributed by atoms with E-state index in [2.05, 4.69) is 45.2 Å². The number of fused-ring (bicyclic) bond motifs is 1. The highest BCUT2D eigenvalue weighted by atomic mass is 79.9. The molecule has 2 aliphatic heterocycles. The zero-order chi connectivity index (χ0) is 34.4. The number of hydrogen-bond acceptors (Lipinski definition) is 6. The highest BCUT2D eigenvalue weighted by Gasteiger charge is 2.34. The molecule has 7 rings (SSSR count). The fourth-order valence-corrected chi connectivity index (χ4v) is 7.16. The van der Waals surface area contributed by atoms with Gasteiger partial charge in [0, 0.05) is 54.1 Å². The SMILES string of the molecule is CC1(C)Cc2c(cnn2-c2ccccc2)CN(C(=O)c2cccc(C(=O)N3CCC(n4cc(-c5cc(F)c(Br)c(F)c5N)nn4)CC3)c2)C1. The molecule has 0 unspecified atom stereocenters. The van der Waals surface area contributed by atoms with Crippen LogP contribution in [0.25, 0.3) is 16.9 Å². The van der Waals surface area contributed by atoms with Gasteiger partial charge < -0.3 is 15.5 Å². The molecule has 0 radical (unpaired) electrons. The molecule has 0 bridgehead atoms. The molecule has 13 heteroatoms. The number of piperidine rings is 1. The molecule has 3 aromatic carbocycles. The van der Waals surface area contributed by atoms with E-state index in [1.54, 1.807) is 40.0 Å². The predicted octanol–water partition coefficient (Wildman–Crippen LogP) is 6.46. The van der Waals surface area contributed by atoms with E-state index in [9.17, 15) is 18.4 Å². The second-order valence-corrected chi connectivity index (χ2v) is 14.3. The fourth-order valence-electron chi connectivity index (χ4n) is 6.83. The van der Waals surface area contributed by atoms with Crippen LogP contribution in [-0.4, -0.2) is 66.0 Å². The number of anilines is 1. The van der Waals surface area contributed by atoms with Crippen LogP contribution in [0.1, 0.15) is 64.7 Å². The van der Waals surface area contributed by atoms with Crippen LogP contribution in [0.4, 0.5) is 14.5 Å². The summed E-state index contributed by atoms with van der Waals surface area (Å²) >= 11 is 2.86. The number of carbonyl (C=O) groups excluding carboxylic acids is 2. The third kappa shape index (κ3) is 6.34. The first-order valence-corrected chi connectivity index (χ1v) is 16.9. The van der Waals surface area contributed by atoms with Crippen molar-refractivity contribution in [1.29, 1.82) is 0 Å². The van der Waals surface area contributed by atoms with Gasteiger partial charge in [0.1, 0.15) is 11.5 Å². The first-order chi connectivity index (χ1) is 23.5. The van der Waals surface area contributed by atoms with E-state index in [1.165, 1.54) is 0 Å². The topological polar surface area (TPSA) is 115 Å². The van der Waals surface area contributed by atoms with Gasteiger partial charge in [-0.2, -0.15) is 5.10 Å². The van der Waals surface area contributed by atoms with Gasteiger partial charge in [0.05, 0.1) is 34.3 Å². The molecule has 1 fully saturated rings. The summed E-state index contributed by atoms with van der Waals surface area (Å²) in [6, 6.07) is 18.0. The van der Waals surface area contributed by atoms with Crippen molar-refractivity contribution in [2.75, 3.05) is 25.4 Å². The second kappa shape index (κ2) is 12.8. The van der Waals surface area contributed by atoms with E-state index in [4.69, 9.17) is 5.73 Å². The lowest BCUT2D eigenvalue weighted by molar-refractivity contribution is 0.0679. The van der Waals surface area contributed by atoms with Crippen LogP contribution in [0.5, 0.6) is 0 Å². The molecular weight excluding hydrogens is 694 g/mol. The number of nitrogens with two attached hydrogens (primary N) is 1. The molecule has 0 atom stereocenters. The Bertz CT molecular complexity index is 2050. The molecular formula is C36H35BrF2N8O2. The number of hydrogen-bond donors (Lipinski definition) is 1. The largest absolute Gasteiger partial charge is 0.396 e. The van der Waals surface area contributed by atoms with Gasteiger partial charge in [-0.1, -0.05) is 43.3 Å².